The van der Waals surface area contributed by atoms with Crippen LogP contribution in [-0.2, 0) is 0 Å². The fourth-order valence-electron chi connectivity index (χ4n) is 5.83. The van der Waals surface area contributed by atoms with Gasteiger partial charge in [-0.05, 0) is 103 Å². The maximum absolute atomic E-state index is 9.18. The molecule has 0 saturated carbocycles. The van der Waals surface area contributed by atoms with Crippen molar-refractivity contribution in [3.05, 3.63) is 133 Å². The van der Waals surface area contributed by atoms with Gasteiger partial charge < -0.3 is 4.42 Å². The molecule has 7 aromatic carbocycles. The van der Waals surface area contributed by atoms with Crippen molar-refractivity contribution in [3.8, 4) is 28.3 Å². The summed E-state index contributed by atoms with van der Waals surface area (Å²) in [4.78, 5) is 0. The Balaban J connectivity index is 1.18. The molecule has 1 aromatic heterocycles. The van der Waals surface area contributed by atoms with Crippen LogP contribution in [0.2, 0.25) is 0 Å². The molecule has 0 aliphatic heterocycles. The number of hydrogen-bond donors (Lipinski definition) is 0. The lowest BCUT2D eigenvalue weighted by atomic mass is 9.96. The van der Waals surface area contributed by atoms with Gasteiger partial charge >= 0.3 is 0 Å². The molecule has 0 aliphatic carbocycles. The SMILES string of the molecule is N#Cc1ccc2cc(-c3ccc4cc(-c5ccc6c(c5)oc5ccc7ccccc7c56)ccc4c3)ccc2c1. The van der Waals surface area contributed by atoms with Crippen molar-refractivity contribution in [1.29, 1.82) is 5.26 Å². The topological polar surface area (TPSA) is 36.9 Å². The summed E-state index contributed by atoms with van der Waals surface area (Å²) in [6.45, 7) is 0. The van der Waals surface area contributed by atoms with E-state index in [1.807, 2.05) is 18.2 Å². The highest BCUT2D eigenvalue weighted by molar-refractivity contribution is 6.19. The first-order valence-electron chi connectivity index (χ1n) is 13.1. The molecular formula is C37H21NO. The molecule has 0 bridgehead atoms. The van der Waals surface area contributed by atoms with Gasteiger partial charge in [0.2, 0.25) is 0 Å². The Kier molecular flexibility index (Phi) is 4.62. The van der Waals surface area contributed by atoms with Crippen molar-refractivity contribution in [2.24, 2.45) is 0 Å². The van der Waals surface area contributed by atoms with Crippen molar-refractivity contribution in [2.45, 2.75) is 0 Å². The van der Waals surface area contributed by atoms with E-state index < -0.39 is 0 Å². The van der Waals surface area contributed by atoms with Gasteiger partial charge in [0.05, 0.1) is 11.6 Å². The summed E-state index contributed by atoms with van der Waals surface area (Å²) >= 11 is 0. The van der Waals surface area contributed by atoms with Crippen molar-refractivity contribution in [3.63, 3.8) is 0 Å². The third-order valence-corrected chi connectivity index (χ3v) is 7.84. The highest BCUT2D eigenvalue weighted by Gasteiger charge is 2.12. The Bertz CT molecular complexity index is 2300. The predicted molar refractivity (Wildman–Crippen MR) is 162 cm³/mol. The number of rotatable bonds is 2. The Hall–Kier alpha value is -5.39. The molecule has 2 heteroatoms. The van der Waals surface area contributed by atoms with Crippen molar-refractivity contribution < 1.29 is 4.42 Å². The Morgan fingerprint density at radius 1 is 0.436 bits per heavy atom. The van der Waals surface area contributed by atoms with E-state index in [1.54, 1.807) is 0 Å². The number of nitrogens with zero attached hydrogens (tertiary/aromatic N) is 1. The first kappa shape index (κ1) is 21.7. The minimum atomic E-state index is 0.685. The molecule has 1 heterocycles. The minimum absolute atomic E-state index is 0.685. The molecule has 8 rings (SSSR count). The van der Waals surface area contributed by atoms with Crippen LogP contribution in [0.5, 0.6) is 0 Å². The maximum Gasteiger partial charge on any atom is 0.136 e. The lowest BCUT2D eigenvalue weighted by Gasteiger charge is -2.08. The monoisotopic (exact) mass is 495 g/mol. The first-order valence-corrected chi connectivity index (χ1v) is 13.1. The van der Waals surface area contributed by atoms with Gasteiger partial charge in [0.25, 0.3) is 0 Å². The van der Waals surface area contributed by atoms with Crippen molar-refractivity contribution in [1.82, 2.24) is 0 Å². The molecule has 0 fully saturated rings. The fraction of sp³-hybridized carbons (Fsp3) is 0. The molecule has 0 radical (unpaired) electrons. The zero-order valence-electron chi connectivity index (χ0n) is 21.0. The molecule has 180 valence electrons. The highest BCUT2D eigenvalue weighted by atomic mass is 16.3. The average molecular weight is 496 g/mol. The fourth-order valence-corrected chi connectivity index (χ4v) is 5.83. The average Bonchev–Trinajstić information content (AvgIpc) is 3.38. The quantitative estimate of drug-likeness (QED) is 0.239. The summed E-state index contributed by atoms with van der Waals surface area (Å²) in [6, 6.07) is 47.0. The van der Waals surface area contributed by atoms with Gasteiger partial charge in [0.15, 0.2) is 0 Å². The van der Waals surface area contributed by atoms with Crippen molar-refractivity contribution >= 4 is 54.3 Å². The second-order valence-electron chi connectivity index (χ2n) is 10.1. The second-order valence-corrected chi connectivity index (χ2v) is 10.1. The van der Waals surface area contributed by atoms with Gasteiger partial charge in [-0.15, -0.1) is 0 Å². The summed E-state index contributed by atoms with van der Waals surface area (Å²) in [5, 5.41) is 18.6. The maximum atomic E-state index is 9.18. The van der Waals surface area contributed by atoms with Gasteiger partial charge in [-0.2, -0.15) is 5.26 Å². The van der Waals surface area contributed by atoms with Crippen LogP contribution in [0.15, 0.2) is 132 Å². The Morgan fingerprint density at radius 3 is 1.69 bits per heavy atom. The minimum Gasteiger partial charge on any atom is -0.456 e. The van der Waals surface area contributed by atoms with E-state index in [9.17, 15) is 5.26 Å². The standard InChI is InChI=1S/C37H21NO/c38-22-23-5-6-26-18-27(8-7-25(26)17-23)28-9-10-30-20-31(12-11-29(30)19-28)32-13-15-34-36(21-32)39-35-16-14-24-3-1-2-4-33(24)37(34)35/h1-21H. The second kappa shape index (κ2) is 8.31. The predicted octanol–water partition coefficient (Wildman–Crippen LogP) is 10.3. The molecule has 2 nitrogen and oxygen atoms in total. The van der Waals surface area contributed by atoms with E-state index in [1.165, 1.54) is 43.6 Å². The molecule has 0 spiro atoms. The molecule has 0 amide bonds. The number of benzene rings is 7. The number of fused-ring (bicyclic) bond motifs is 7. The molecule has 39 heavy (non-hydrogen) atoms. The molecule has 0 N–H and O–H groups in total. The van der Waals surface area contributed by atoms with Crippen LogP contribution >= 0.6 is 0 Å². The van der Waals surface area contributed by atoms with E-state index in [0.717, 1.165) is 32.9 Å². The molecule has 0 atom stereocenters. The summed E-state index contributed by atoms with van der Waals surface area (Å²) in [5.74, 6) is 0. The molecule has 0 saturated heterocycles. The zero-order valence-corrected chi connectivity index (χ0v) is 21.0. The largest absolute Gasteiger partial charge is 0.456 e. The lowest BCUT2D eigenvalue weighted by molar-refractivity contribution is 0.669. The van der Waals surface area contributed by atoms with Crippen LogP contribution in [0, 0.1) is 11.3 Å². The van der Waals surface area contributed by atoms with E-state index in [0.29, 0.717) is 5.56 Å². The van der Waals surface area contributed by atoms with E-state index in [2.05, 4.69) is 115 Å². The molecular weight excluding hydrogens is 474 g/mol. The summed E-state index contributed by atoms with van der Waals surface area (Å²) in [5.41, 5.74) is 7.17. The Labute approximate surface area is 225 Å². The van der Waals surface area contributed by atoms with Crippen LogP contribution in [-0.4, -0.2) is 0 Å². The third kappa shape index (κ3) is 3.49. The third-order valence-electron chi connectivity index (χ3n) is 7.84. The molecule has 8 aromatic rings. The van der Waals surface area contributed by atoms with Gasteiger partial charge in [-0.1, -0.05) is 78.9 Å². The lowest BCUT2D eigenvalue weighted by Crippen LogP contribution is -1.83. The van der Waals surface area contributed by atoms with E-state index in [4.69, 9.17) is 4.42 Å². The first-order chi connectivity index (χ1) is 19.2. The summed E-state index contributed by atoms with van der Waals surface area (Å²) in [6.07, 6.45) is 0. The molecule has 0 unspecified atom stereocenters. The number of nitriles is 1. The zero-order chi connectivity index (χ0) is 25.9. The van der Waals surface area contributed by atoms with Crippen LogP contribution in [0.4, 0.5) is 0 Å². The van der Waals surface area contributed by atoms with E-state index >= 15 is 0 Å². The van der Waals surface area contributed by atoms with Crippen LogP contribution in [0.1, 0.15) is 5.56 Å². The number of furan rings is 1. The highest BCUT2D eigenvalue weighted by Crippen LogP contribution is 2.37. The van der Waals surface area contributed by atoms with Gasteiger partial charge in [-0.25, -0.2) is 0 Å². The van der Waals surface area contributed by atoms with Gasteiger partial charge in [-0.3, -0.25) is 0 Å². The molecule has 0 aliphatic rings. The number of hydrogen-bond acceptors (Lipinski definition) is 2. The smallest absolute Gasteiger partial charge is 0.136 e. The normalized spacial score (nSPS) is 11.6. The van der Waals surface area contributed by atoms with E-state index in [-0.39, 0.29) is 0 Å². The summed E-state index contributed by atoms with van der Waals surface area (Å²) < 4.78 is 6.30. The van der Waals surface area contributed by atoms with Crippen LogP contribution < -0.4 is 0 Å². The summed E-state index contributed by atoms with van der Waals surface area (Å²) in [7, 11) is 0. The van der Waals surface area contributed by atoms with Crippen LogP contribution in [0.25, 0.3) is 76.5 Å². The van der Waals surface area contributed by atoms with Crippen LogP contribution in [0.3, 0.4) is 0 Å². The van der Waals surface area contributed by atoms with Gasteiger partial charge in [0.1, 0.15) is 11.2 Å². The van der Waals surface area contributed by atoms with Crippen molar-refractivity contribution in [2.75, 3.05) is 0 Å². The van der Waals surface area contributed by atoms with Gasteiger partial charge in [0, 0.05) is 10.8 Å². The Morgan fingerprint density at radius 2 is 1.00 bits per heavy atom.